The summed E-state index contributed by atoms with van der Waals surface area (Å²) in [5.41, 5.74) is 2.07. The van der Waals surface area contributed by atoms with E-state index in [4.69, 9.17) is 14.5 Å². The van der Waals surface area contributed by atoms with Crippen LogP contribution in [0.4, 0.5) is 5.13 Å². The number of hydrogen-bond donors (Lipinski definition) is 1. The normalized spacial score (nSPS) is 10.5. The number of rotatable bonds is 7. The van der Waals surface area contributed by atoms with Gasteiger partial charge in [-0.2, -0.15) is 10.2 Å². The fourth-order valence-electron chi connectivity index (χ4n) is 2.83. The average molecular weight is 431 g/mol. The first-order chi connectivity index (χ1) is 15.1. The molecule has 0 saturated carbocycles. The first-order valence-electron chi connectivity index (χ1n) is 9.37. The van der Waals surface area contributed by atoms with Crippen LogP contribution in [0.1, 0.15) is 38.1 Å². The van der Waals surface area contributed by atoms with Crippen molar-refractivity contribution >= 4 is 22.4 Å². The Balaban J connectivity index is 1.41. The van der Waals surface area contributed by atoms with Crippen molar-refractivity contribution < 1.29 is 14.1 Å². The van der Waals surface area contributed by atoms with Crippen molar-refractivity contribution in [2.24, 2.45) is 0 Å². The van der Waals surface area contributed by atoms with Crippen LogP contribution >= 0.6 is 11.3 Å². The highest BCUT2D eigenvalue weighted by Crippen LogP contribution is 2.24. The SMILES string of the molecule is Cc1nc(COc2ccccc2C(=O)Nc2ncc(Cc3ccc(C#N)cc3)s2)no1. The molecule has 154 valence electrons. The molecule has 4 aromatic rings. The zero-order valence-electron chi connectivity index (χ0n) is 16.5. The summed E-state index contributed by atoms with van der Waals surface area (Å²) in [6.07, 6.45) is 2.41. The zero-order chi connectivity index (χ0) is 21.6. The van der Waals surface area contributed by atoms with Crippen LogP contribution in [0.3, 0.4) is 0 Å². The Kier molecular flexibility index (Phi) is 6.01. The van der Waals surface area contributed by atoms with E-state index in [-0.39, 0.29) is 12.5 Å². The van der Waals surface area contributed by atoms with Crippen molar-refractivity contribution in [1.29, 1.82) is 5.26 Å². The lowest BCUT2D eigenvalue weighted by Gasteiger charge is -2.09. The number of aryl methyl sites for hydroxylation is 1. The number of benzene rings is 2. The van der Waals surface area contributed by atoms with Gasteiger partial charge in [0, 0.05) is 24.4 Å². The number of carbonyl (C=O) groups excluding carboxylic acids is 1. The van der Waals surface area contributed by atoms with Crippen molar-refractivity contribution in [3.05, 3.63) is 88.0 Å². The van der Waals surface area contributed by atoms with Crippen molar-refractivity contribution in [2.45, 2.75) is 20.0 Å². The van der Waals surface area contributed by atoms with E-state index in [9.17, 15) is 4.79 Å². The summed E-state index contributed by atoms with van der Waals surface area (Å²) >= 11 is 1.40. The molecule has 31 heavy (non-hydrogen) atoms. The molecule has 0 fully saturated rings. The molecule has 4 rings (SSSR count). The molecule has 9 heteroatoms. The van der Waals surface area contributed by atoms with Crippen LogP contribution in [-0.4, -0.2) is 21.0 Å². The summed E-state index contributed by atoms with van der Waals surface area (Å²) in [5.74, 6) is 0.946. The number of para-hydroxylation sites is 1. The molecule has 0 spiro atoms. The Morgan fingerprint density at radius 3 is 2.77 bits per heavy atom. The van der Waals surface area contributed by atoms with E-state index in [1.165, 1.54) is 11.3 Å². The second-order valence-electron chi connectivity index (χ2n) is 6.59. The molecular weight excluding hydrogens is 414 g/mol. The van der Waals surface area contributed by atoms with Gasteiger partial charge in [0.2, 0.25) is 11.7 Å². The largest absolute Gasteiger partial charge is 0.485 e. The summed E-state index contributed by atoms with van der Waals surface area (Å²) in [6, 6.07) is 16.4. The molecule has 1 amide bonds. The lowest BCUT2D eigenvalue weighted by Crippen LogP contribution is -2.13. The van der Waals surface area contributed by atoms with Gasteiger partial charge < -0.3 is 9.26 Å². The van der Waals surface area contributed by atoms with Gasteiger partial charge in [-0.25, -0.2) is 4.98 Å². The maximum absolute atomic E-state index is 12.8. The molecule has 8 nitrogen and oxygen atoms in total. The molecule has 0 aliphatic heterocycles. The number of thiazole rings is 1. The minimum absolute atomic E-state index is 0.0909. The van der Waals surface area contributed by atoms with Gasteiger partial charge in [0.25, 0.3) is 5.91 Å². The second-order valence-corrected chi connectivity index (χ2v) is 7.70. The number of hydrogen-bond acceptors (Lipinski definition) is 8. The second kappa shape index (κ2) is 9.19. The summed E-state index contributed by atoms with van der Waals surface area (Å²) in [7, 11) is 0. The van der Waals surface area contributed by atoms with E-state index >= 15 is 0 Å². The monoisotopic (exact) mass is 431 g/mol. The standard InChI is InChI=1S/C22H17N5O3S/c1-14-25-20(27-30-14)13-29-19-5-3-2-4-18(19)21(28)26-22-24-12-17(31-22)10-15-6-8-16(11-23)9-7-15/h2-9,12H,10,13H2,1H3,(H,24,26,28). The number of nitrogens with one attached hydrogen (secondary N) is 1. The van der Waals surface area contributed by atoms with Crippen molar-refractivity contribution in [3.8, 4) is 11.8 Å². The number of amides is 1. The summed E-state index contributed by atoms with van der Waals surface area (Å²) in [4.78, 5) is 22.2. The van der Waals surface area contributed by atoms with E-state index in [2.05, 4.69) is 26.5 Å². The van der Waals surface area contributed by atoms with Gasteiger partial charge in [-0.3, -0.25) is 10.1 Å². The highest BCUT2D eigenvalue weighted by atomic mass is 32.1. The highest BCUT2D eigenvalue weighted by Gasteiger charge is 2.15. The van der Waals surface area contributed by atoms with Gasteiger partial charge in [0.1, 0.15) is 5.75 Å². The van der Waals surface area contributed by atoms with Crippen LogP contribution in [0.5, 0.6) is 5.75 Å². The molecule has 2 aromatic heterocycles. The maximum atomic E-state index is 12.8. The summed E-state index contributed by atoms with van der Waals surface area (Å²) < 4.78 is 10.6. The van der Waals surface area contributed by atoms with Crippen molar-refractivity contribution in [3.63, 3.8) is 0 Å². The minimum Gasteiger partial charge on any atom is -0.485 e. The van der Waals surface area contributed by atoms with Crippen LogP contribution < -0.4 is 10.1 Å². The van der Waals surface area contributed by atoms with Crippen LogP contribution in [0.25, 0.3) is 0 Å². The number of nitriles is 1. The molecule has 1 N–H and O–H groups in total. The van der Waals surface area contributed by atoms with E-state index in [1.807, 2.05) is 12.1 Å². The van der Waals surface area contributed by atoms with Gasteiger partial charge in [-0.15, -0.1) is 11.3 Å². The molecular formula is C22H17N5O3S. The van der Waals surface area contributed by atoms with Crippen LogP contribution in [-0.2, 0) is 13.0 Å². The average Bonchev–Trinajstić information content (AvgIpc) is 3.41. The van der Waals surface area contributed by atoms with Gasteiger partial charge in [-0.05, 0) is 29.8 Å². The Hall–Kier alpha value is -4.03. The number of anilines is 1. The number of ether oxygens (including phenoxy) is 1. The Labute approximate surface area is 182 Å². The summed E-state index contributed by atoms with van der Waals surface area (Å²) in [6.45, 7) is 1.79. The smallest absolute Gasteiger partial charge is 0.261 e. The van der Waals surface area contributed by atoms with Gasteiger partial charge in [0.05, 0.1) is 17.2 Å². The van der Waals surface area contributed by atoms with Crippen LogP contribution in [0, 0.1) is 18.3 Å². The molecule has 0 unspecified atom stereocenters. The fourth-order valence-corrected chi connectivity index (χ4v) is 3.67. The quantitative estimate of drug-likeness (QED) is 0.468. The molecule has 0 bridgehead atoms. The third-order valence-corrected chi connectivity index (χ3v) is 5.21. The van der Waals surface area contributed by atoms with Crippen molar-refractivity contribution in [1.82, 2.24) is 15.1 Å². The fraction of sp³-hybridized carbons (Fsp3) is 0.136. The van der Waals surface area contributed by atoms with E-state index in [1.54, 1.807) is 49.5 Å². The van der Waals surface area contributed by atoms with Crippen LogP contribution in [0.15, 0.2) is 59.3 Å². The van der Waals surface area contributed by atoms with Crippen LogP contribution in [0.2, 0.25) is 0 Å². The first-order valence-corrected chi connectivity index (χ1v) is 10.2. The summed E-state index contributed by atoms with van der Waals surface area (Å²) in [5, 5.41) is 16.0. The third kappa shape index (κ3) is 5.12. The predicted octanol–water partition coefficient (Wildman–Crippen LogP) is 4.13. The minimum atomic E-state index is -0.320. The molecule has 0 saturated heterocycles. The topological polar surface area (TPSA) is 114 Å². The molecule has 0 aliphatic rings. The van der Waals surface area contributed by atoms with E-state index < -0.39 is 0 Å². The van der Waals surface area contributed by atoms with Gasteiger partial charge in [-0.1, -0.05) is 29.4 Å². The lowest BCUT2D eigenvalue weighted by molar-refractivity contribution is 0.102. The number of aromatic nitrogens is 3. The molecule has 0 atom stereocenters. The lowest BCUT2D eigenvalue weighted by atomic mass is 10.1. The number of carbonyl (C=O) groups is 1. The molecule has 0 radical (unpaired) electrons. The molecule has 2 aromatic carbocycles. The van der Waals surface area contributed by atoms with Gasteiger partial charge >= 0.3 is 0 Å². The zero-order valence-corrected chi connectivity index (χ0v) is 17.3. The maximum Gasteiger partial charge on any atom is 0.261 e. The highest BCUT2D eigenvalue weighted by molar-refractivity contribution is 7.15. The van der Waals surface area contributed by atoms with Crippen molar-refractivity contribution in [2.75, 3.05) is 5.32 Å². The first kappa shape index (κ1) is 20.3. The number of nitrogens with zero attached hydrogens (tertiary/aromatic N) is 4. The Morgan fingerprint density at radius 2 is 2.03 bits per heavy atom. The predicted molar refractivity (Wildman–Crippen MR) is 114 cm³/mol. The van der Waals surface area contributed by atoms with E-state index in [0.717, 1.165) is 10.4 Å². The van der Waals surface area contributed by atoms with E-state index in [0.29, 0.717) is 40.1 Å². The molecule has 2 heterocycles. The van der Waals surface area contributed by atoms with Gasteiger partial charge in [0.15, 0.2) is 11.7 Å². The Bertz CT molecular complexity index is 1240. The Morgan fingerprint density at radius 1 is 1.23 bits per heavy atom. The molecule has 0 aliphatic carbocycles. The third-order valence-electron chi connectivity index (χ3n) is 4.29.